The molecule has 11 heteroatoms. The Morgan fingerprint density at radius 1 is 1.13 bits per heavy atom. The van der Waals surface area contributed by atoms with Crippen LogP contribution in [0.4, 0.5) is 10.5 Å². The number of para-hydroxylation sites is 2. The third-order valence-electron chi connectivity index (χ3n) is 4.51. The first-order chi connectivity index (χ1) is 13.8. The fraction of sp³-hybridized carbons (Fsp3) is 0.0526. The van der Waals surface area contributed by atoms with E-state index in [4.69, 9.17) is 4.74 Å². The number of aromatic nitrogens is 2. The number of methoxy groups -OCH3 is 1. The Balaban J connectivity index is 0.00000256. The minimum atomic E-state index is -4.15. The molecule has 2 aromatic carbocycles. The first-order valence-corrected chi connectivity index (χ1v) is 9.85. The average molecular weight is 532 g/mol. The van der Waals surface area contributed by atoms with E-state index in [0.29, 0.717) is 10.5 Å². The SMILES string of the molecule is COc1ccccc1NS(=O)(=O)c1cccc2c1c1ccn(C(=O)[O-])c1c[n+]2[O-].[SnH]. The zero-order valence-corrected chi connectivity index (χ0v) is 19.7. The molecule has 2 heterocycles. The second-order valence-corrected chi connectivity index (χ2v) is 7.81. The van der Waals surface area contributed by atoms with Crippen LogP contribution in [-0.4, -0.2) is 50.1 Å². The number of carbonyl (C=O) groups excluding carboxylic acids is 1. The molecule has 9 nitrogen and oxygen atoms in total. The van der Waals surface area contributed by atoms with Gasteiger partial charge in [0.05, 0.1) is 18.2 Å². The van der Waals surface area contributed by atoms with Gasteiger partial charge in [0.25, 0.3) is 10.0 Å². The van der Waals surface area contributed by atoms with Gasteiger partial charge in [-0.05, 0) is 24.3 Å². The van der Waals surface area contributed by atoms with Gasteiger partial charge in [0.15, 0.2) is 0 Å². The quantitative estimate of drug-likeness (QED) is 0.235. The molecule has 4 aromatic rings. The molecule has 0 spiro atoms. The number of benzene rings is 2. The van der Waals surface area contributed by atoms with Crippen LogP contribution in [0.1, 0.15) is 0 Å². The third-order valence-corrected chi connectivity index (χ3v) is 5.92. The van der Waals surface area contributed by atoms with Gasteiger partial charge in [-0.2, -0.15) is 4.73 Å². The molecular formula is C19H15N3O6SSn-. The third kappa shape index (κ3) is 3.52. The van der Waals surface area contributed by atoms with Crippen LogP contribution < -0.4 is 19.3 Å². The molecule has 4 rings (SSSR count). The summed E-state index contributed by atoms with van der Waals surface area (Å²) in [4.78, 5) is 11.1. The Bertz CT molecular complexity index is 1380. The van der Waals surface area contributed by atoms with Crippen LogP contribution in [0, 0.1) is 5.21 Å². The van der Waals surface area contributed by atoms with Gasteiger partial charge in [-0.15, -0.1) is 0 Å². The average Bonchev–Trinajstić information content (AvgIpc) is 3.12. The van der Waals surface area contributed by atoms with Crippen molar-refractivity contribution < 1.29 is 27.8 Å². The van der Waals surface area contributed by atoms with Gasteiger partial charge in [-0.3, -0.25) is 9.29 Å². The fourth-order valence-electron chi connectivity index (χ4n) is 3.25. The molecule has 0 atom stereocenters. The zero-order valence-electron chi connectivity index (χ0n) is 15.6. The van der Waals surface area contributed by atoms with Gasteiger partial charge < -0.3 is 19.8 Å². The topological polar surface area (TPSA) is 127 Å². The van der Waals surface area contributed by atoms with Crippen LogP contribution in [0.15, 0.2) is 65.8 Å². The standard InChI is InChI=1S/C19H15N3O6S.Sn.H/c1-28-16-7-3-2-5-13(16)20-29(26,27)17-8-4-6-14-18(17)12-9-10-21(19(23)24)15(12)11-22(14)25;;/h2-11,20H,1H3,(H,23,24);;/p-1. The van der Waals surface area contributed by atoms with Gasteiger partial charge >= 0.3 is 23.9 Å². The van der Waals surface area contributed by atoms with Gasteiger partial charge in [0.1, 0.15) is 22.3 Å². The number of anilines is 1. The monoisotopic (exact) mass is 533 g/mol. The normalized spacial score (nSPS) is 11.2. The van der Waals surface area contributed by atoms with Crippen molar-refractivity contribution in [2.75, 3.05) is 11.8 Å². The number of fused-ring (bicyclic) bond motifs is 3. The number of nitrogens with zero attached hydrogens (tertiary/aromatic N) is 2. The van der Waals surface area contributed by atoms with Crippen molar-refractivity contribution in [3.8, 4) is 5.75 Å². The van der Waals surface area contributed by atoms with E-state index in [2.05, 4.69) is 4.72 Å². The van der Waals surface area contributed by atoms with Crippen LogP contribution in [0.5, 0.6) is 5.75 Å². The van der Waals surface area contributed by atoms with E-state index in [1.807, 2.05) is 0 Å². The van der Waals surface area contributed by atoms with E-state index < -0.39 is 16.1 Å². The Morgan fingerprint density at radius 3 is 2.57 bits per heavy atom. The first kappa shape index (κ1) is 21.7. The van der Waals surface area contributed by atoms with E-state index in [9.17, 15) is 23.5 Å². The van der Waals surface area contributed by atoms with Crippen molar-refractivity contribution in [2.24, 2.45) is 0 Å². The van der Waals surface area contributed by atoms with E-state index in [-0.39, 0.29) is 56.3 Å². The summed E-state index contributed by atoms with van der Waals surface area (Å²) in [7, 11) is -2.73. The molecule has 0 aliphatic carbocycles. The van der Waals surface area contributed by atoms with Crippen LogP contribution in [0.25, 0.3) is 21.8 Å². The number of carboxylic acid groups (broad SMARTS) is 1. The second-order valence-electron chi connectivity index (χ2n) is 6.16. The van der Waals surface area contributed by atoms with Crippen molar-refractivity contribution in [3.05, 3.63) is 66.1 Å². The Kier molecular flexibility index (Phi) is 5.81. The van der Waals surface area contributed by atoms with Crippen LogP contribution in [-0.2, 0) is 10.0 Å². The molecule has 0 fully saturated rings. The molecule has 2 aromatic heterocycles. The molecule has 153 valence electrons. The molecule has 0 unspecified atom stereocenters. The van der Waals surface area contributed by atoms with Crippen LogP contribution in [0.3, 0.4) is 0 Å². The van der Waals surface area contributed by atoms with Crippen molar-refractivity contribution >= 4 is 67.5 Å². The van der Waals surface area contributed by atoms with E-state index in [1.54, 1.807) is 18.2 Å². The summed E-state index contributed by atoms with van der Waals surface area (Å²) in [6.07, 6.45) is 0.736. The molecule has 0 aliphatic heterocycles. The predicted molar refractivity (Wildman–Crippen MR) is 110 cm³/mol. The number of rotatable bonds is 4. The Morgan fingerprint density at radius 2 is 1.87 bits per heavy atom. The van der Waals surface area contributed by atoms with E-state index in [0.717, 1.165) is 10.8 Å². The number of hydrogen-bond donors (Lipinski definition) is 1. The minimum absolute atomic E-state index is 0. The first-order valence-electron chi connectivity index (χ1n) is 8.36. The van der Waals surface area contributed by atoms with E-state index >= 15 is 0 Å². The molecular weight excluding hydrogens is 517 g/mol. The van der Waals surface area contributed by atoms with Gasteiger partial charge in [0.2, 0.25) is 11.7 Å². The second kappa shape index (κ2) is 8.03. The Labute approximate surface area is 188 Å². The maximum absolute atomic E-state index is 13.2. The maximum atomic E-state index is 13.2. The number of carbonyl (C=O) groups is 1. The van der Waals surface area contributed by atoms with Gasteiger partial charge in [-0.25, -0.2) is 8.42 Å². The number of sulfonamides is 1. The van der Waals surface area contributed by atoms with Crippen LogP contribution in [0.2, 0.25) is 0 Å². The molecule has 0 amide bonds. The molecule has 0 bridgehead atoms. The molecule has 30 heavy (non-hydrogen) atoms. The number of ether oxygens (including phenoxy) is 1. The summed E-state index contributed by atoms with van der Waals surface area (Å²) in [5, 5.41) is 24.2. The number of hydrogen-bond acceptors (Lipinski definition) is 6. The molecule has 1 N–H and O–H groups in total. The molecule has 0 saturated carbocycles. The fourth-order valence-corrected chi connectivity index (χ4v) is 4.56. The summed E-state index contributed by atoms with van der Waals surface area (Å²) in [5.74, 6) is 0.323. The van der Waals surface area contributed by atoms with E-state index in [1.165, 1.54) is 43.6 Å². The van der Waals surface area contributed by atoms with Crippen LogP contribution >= 0.6 is 0 Å². The molecule has 3 radical (unpaired) electrons. The summed E-state index contributed by atoms with van der Waals surface area (Å²) in [6.45, 7) is 0. The van der Waals surface area contributed by atoms with Gasteiger partial charge in [-0.1, -0.05) is 18.2 Å². The summed E-state index contributed by atoms with van der Waals surface area (Å²) < 4.78 is 35.1. The van der Waals surface area contributed by atoms with Crippen molar-refractivity contribution in [1.82, 2.24) is 4.57 Å². The zero-order chi connectivity index (χ0) is 20.8. The van der Waals surface area contributed by atoms with Crippen molar-refractivity contribution in [3.63, 3.8) is 0 Å². The number of nitrogens with one attached hydrogen (secondary N) is 1. The van der Waals surface area contributed by atoms with Crippen molar-refractivity contribution in [2.45, 2.75) is 4.90 Å². The molecule has 0 saturated heterocycles. The summed E-state index contributed by atoms with van der Waals surface area (Å²) >= 11 is 0. The predicted octanol–water partition coefficient (Wildman–Crippen LogP) is 0.780. The Hall–Kier alpha value is -2.99. The summed E-state index contributed by atoms with van der Waals surface area (Å²) in [6, 6.07) is 12.2. The number of pyridine rings is 1. The van der Waals surface area contributed by atoms with Crippen molar-refractivity contribution in [1.29, 1.82) is 0 Å². The molecule has 0 aliphatic rings. The van der Waals surface area contributed by atoms with Gasteiger partial charge in [0, 0.05) is 17.6 Å². The summed E-state index contributed by atoms with van der Waals surface area (Å²) in [5.41, 5.74) is 0.324.